The van der Waals surface area contributed by atoms with Gasteiger partial charge in [0, 0.05) is 13.2 Å². The molecule has 0 bridgehead atoms. The van der Waals surface area contributed by atoms with Crippen LogP contribution in [0.2, 0.25) is 0 Å². The summed E-state index contributed by atoms with van der Waals surface area (Å²) in [5.41, 5.74) is 5.77. The zero-order valence-corrected chi connectivity index (χ0v) is 30.6. The minimum absolute atomic E-state index is 0.00189. The lowest BCUT2D eigenvalue weighted by atomic mass is 9.69. The topological polar surface area (TPSA) is 118 Å². The van der Waals surface area contributed by atoms with E-state index in [1.807, 2.05) is 18.2 Å². The third-order valence-electron chi connectivity index (χ3n) is 10.3. The van der Waals surface area contributed by atoms with Gasteiger partial charge in [-0.1, -0.05) is 62.2 Å². The Bertz CT molecular complexity index is 1740. The monoisotopic (exact) mass is 722 g/mol. The molecular weight excluding hydrogens is 672 g/mol. The van der Waals surface area contributed by atoms with E-state index in [9.17, 15) is 14.4 Å². The summed E-state index contributed by atoms with van der Waals surface area (Å²) in [6.07, 6.45) is 9.66. The molecule has 3 aromatic rings. The van der Waals surface area contributed by atoms with Crippen molar-refractivity contribution in [2.75, 3.05) is 33.5 Å². The van der Waals surface area contributed by atoms with Gasteiger partial charge in [-0.3, -0.25) is 0 Å². The Morgan fingerprint density at radius 2 is 1.32 bits per heavy atom. The second kappa shape index (κ2) is 19.2. The van der Waals surface area contributed by atoms with Crippen LogP contribution in [0.15, 0.2) is 104 Å². The third kappa shape index (κ3) is 10.8. The van der Waals surface area contributed by atoms with Crippen molar-refractivity contribution in [3.63, 3.8) is 0 Å². The Morgan fingerprint density at radius 1 is 0.736 bits per heavy atom. The number of carbonyl (C=O) groups is 3. The van der Waals surface area contributed by atoms with Crippen molar-refractivity contribution in [1.29, 1.82) is 0 Å². The Labute approximate surface area is 312 Å². The minimum atomic E-state index is -0.637. The van der Waals surface area contributed by atoms with E-state index in [1.54, 1.807) is 12.1 Å². The van der Waals surface area contributed by atoms with Crippen molar-refractivity contribution in [3.05, 3.63) is 109 Å². The summed E-state index contributed by atoms with van der Waals surface area (Å²) in [4.78, 5) is 35.8. The number of benzene rings is 3. The van der Waals surface area contributed by atoms with Crippen LogP contribution in [0.3, 0.4) is 0 Å². The minimum Gasteiger partial charge on any atom is -0.490 e. The first-order chi connectivity index (χ1) is 25.7. The van der Waals surface area contributed by atoms with Crippen molar-refractivity contribution in [2.45, 2.75) is 63.4 Å². The van der Waals surface area contributed by atoms with Crippen LogP contribution in [0.1, 0.15) is 62.8 Å². The predicted molar refractivity (Wildman–Crippen MR) is 203 cm³/mol. The number of aliphatic hydroxyl groups excluding tert-OH is 1. The standard InChI is InChI=1S/C44H50O9/c1-5-42(46)52-37-18-14-33(15-19-37)32-8-12-36(13-9-32)41-26-39(50-24-25-51-43(47)29(2)27-45)22-23-40(41)35-10-6-31(7-11-35)34-16-20-38(21-17-34)53-44(48)30(3)28-49-4/h5-7,10-11,16-17,20-23,26,32-33,36-37,45H,1-3,8-9,12-15,18-19,24-25,27-28H2,4H3. The highest BCUT2D eigenvalue weighted by molar-refractivity contribution is 5.90. The molecule has 280 valence electrons. The van der Waals surface area contributed by atoms with Gasteiger partial charge >= 0.3 is 17.9 Å². The zero-order chi connectivity index (χ0) is 37.7. The molecule has 2 saturated carbocycles. The quantitative estimate of drug-likeness (QED) is 0.0677. The molecule has 0 amide bonds. The molecule has 9 nitrogen and oxygen atoms in total. The van der Waals surface area contributed by atoms with Crippen LogP contribution in [0.25, 0.3) is 22.3 Å². The van der Waals surface area contributed by atoms with E-state index in [0.29, 0.717) is 29.3 Å². The second-order valence-electron chi connectivity index (χ2n) is 13.8. The lowest BCUT2D eigenvalue weighted by molar-refractivity contribution is -0.145. The molecule has 0 unspecified atom stereocenters. The molecule has 5 rings (SSSR count). The van der Waals surface area contributed by atoms with Crippen molar-refractivity contribution in [1.82, 2.24) is 0 Å². The van der Waals surface area contributed by atoms with E-state index < -0.39 is 18.5 Å². The number of hydrogen-bond acceptors (Lipinski definition) is 9. The summed E-state index contributed by atoms with van der Waals surface area (Å²) >= 11 is 0. The normalized spacial score (nSPS) is 19.7. The fourth-order valence-electron chi connectivity index (χ4n) is 7.45. The average Bonchev–Trinajstić information content (AvgIpc) is 3.19. The van der Waals surface area contributed by atoms with Crippen molar-refractivity contribution in [2.24, 2.45) is 11.8 Å². The number of ether oxygens (including phenoxy) is 5. The summed E-state index contributed by atoms with van der Waals surface area (Å²) in [5, 5.41) is 9.12. The highest BCUT2D eigenvalue weighted by atomic mass is 16.6. The average molecular weight is 723 g/mol. The third-order valence-corrected chi connectivity index (χ3v) is 10.3. The SMILES string of the molecule is C=CC(=O)OC1CCC(C2CCC(c3cc(OCCOC(=O)C(=C)CO)ccc3-c3ccc(-c4ccc(OC(=O)C(=C)COC)cc4)cc3)CC2)CC1. The molecule has 1 N–H and O–H groups in total. The number of rotatable bonds is 16. The highest BCUT2D eigenvalue weighted by Crippen LogP contribution is 2.46. The number of hydrogen-bond donors (Lipinski definition) is 1. The van der Waals surface area contributed by atoms with E-state index in [1.165, 1.54) is 18.7 Å². The fraction of sp³-hybridized carbons (Fsp3) is 0.386. The molecule has 2 fully saturated rings. The van der Waals surface area contributed by atoms with Crippen LogP contribution in [0, 0.1) is 11.8 Å². The van der Waals surface area contributed by atoms with Crippen LogP contribution in [0.5, 0.6) is 11.5 Å². The number of carbonyl (C=O) groups excluding carboxylic acids is 3. The van der Waals surface area contributed by atoms with Crippen molar-refractivity contribution >= 4 is 17.9 Å². The van der Waals surface area contributed by atoms with Crippen LogP contribution in [-0.2, 0) is 28.6 Å². The van der Waals surface area contributed by atoms with Crippen molar-refractivity contribution < 1.29 is 43.2 Å². The summed E-state index contributed by atoms with van der Waals surface area (Å²) in [5.74, 6) is 1.32. The number of aliphatic hydroxyl groups is 1. The zero-order valence-electron chi connectivity index (χ0n) is 30.6. The molecule has 0 saturated heterocycles. The molecule has 0 spiro atoms. The maximum atomic E-state index is 12.2. The molecule has 2 aliphatic rings. The van der Waals surface area contributed by atoms with Gasteiger partial charge in [0.15, 0.2) is 0 Å². The van der Waals surface area contributed by atoms with Crippen LogP contribution in [0.4, 0.5) is 0 Å². The maximum absolute atomic E-state index is 12.2. The summed E-state index contributed by atoms with van der Waals surface area (Å²) in [7, 11) is 1.50. The Hall–Kier alpha value is -4.99. The maximum Gasteiger partial charge on any atom is 0.341 e. The molecule has 9 heteroatoms. The lowest BCUT2D eigenvalue weighted by Crippen LogP contribution is -2.29. The van der Waals surface area contributed by atoms with Gasteiger partial charge in [0.2, 0.25) is 0 Å². The van der Waals surface area contributed by atoms with E-state index >= 15 is 0 Å². The molecule has 0 atom stereocenters. The molecule has 0 aromatic heterocycles. The lowest BCUT2D eigenvalue weighted by Gasteiger charge is -2.38. The Kier molecular flexibility index (Phi) is 14.2. The van der Waals surface area contributed by atoms with E-state index in [4.69, 9.17) is 28.8 Å². The molecule has 0 heterocycles. The second-order valence-corrected chi connectivity index (χ2v) is 13.8. The van der Waals surface area contributed by atoms with Gasteiger partial charge in [-0.2, -0.15) is 0 Å². The van der Waals surface area contributed by atoms with Gasteiger partial charge in [-0.25, -0.2) is 14.4 Å². The first kappa shape index (κ1) is 39.2. The van der Waals surface area contributed by atoms with Gasteiger partial charge in [0.05, 0.1) is 24.4 Å². The highest BCUT2D eigenvalue weighted by Gasteiger charge is 2.33. The van der Waals surface area contributed by atoms with Crippen LogP contribution < -0.4 is 9.47 Å². The van der Waals surface area contributed by atoms with Gasteiger partial charge in [0.25, 0.3) is 0 Å². The van der Waals surface area contributed by atoms with Crippen LogP contribution >= 0.6 is 0 Å². The van der Waals surface area contributed by atoms with E-state index in [-0.39, 0.29) is 43.0 Å². The summed E-state index contributed by atoms with van der Waals surface area (Å²) in [6, 6.07) is 22.0. The molecule has 53 heavy (non-hydrogen) atoms. The first-order valence-electron chi connectivity index (χ1n) is 18.3. The first-order valence-corrected chi connectivity index (χ1v) is 18.3. The Balaban J connectivity index is 1.27. The van der Waals surface area contributed by atoms with Gasteiger partial charge in [-0.15, -0.1) is 0 Å². The van der Waals surface area contributed by atoms with Gasteiger partial charge in [0.1, 0.15) is 30.8 Å². The molecular formula is C44H50O9. The summed E-state index contributed by atoms with van der Waals surface area (Å²) in [6.45, 7) is 10.6. The molecule has 2 aliphatic carbocycles. The summed E-state index contributed by atoms with van der Waals surface area (Å²) < 4.78 is 27.1. The van der Waals surface area contributed by atoms with Crippen LogP contribution in [-0.4, -0.2) is 62.7 Å². The smallest absolute Gasteiger partial charge is 0.341 e. The number of esters is 3. The van der Waals surface area contributed by atoms with Gasteiger partial charge < -0.3 is 28.8 Å². The van der Waals surface area contributed by atoms with Crippen molar-refractivity contribution in [3.8, 4) is 33.8 Å². The fourth-order valence-corrected chi connectivity index (χ4v) is 7.45. The largest absolute Gasteiger partial charge is 0.490 e. The predicted octanol–water partition coefficient (Wildman–Crippen LogP) is 8.16. The van der Waals surface area contributed by atoms with E-state index in [0.717, 1.165) is 73.6 Å². The number of methoxy groups -OCH3 is 1. The molecule has 0 radical (unpaired) electrons. The molecule has 0 aliphatic heterocycles. The Morgan fingerprint density at radius 3 is 1.92 bits per heavy atom. The van der Waals surface area contributed by atoms with E-state index in [2.05, 4.69) is 56.1 Å². The molecule has 3 aromatic carbocycles. The van der Waals surface area contributed by atoms with Gasteiger partial charge in [-0.05, 0) is 121 Å².